The molecule has 2 aromatic carbocycles. The summed E-state index contributed by atoms with van der Waals surface area (Å²) < 4.78 is 5.88. The Hall–Kier alpha value is -3.82. The molecule has 3 N–H and O–H groups in total. The Balaban J connectivity index is 1.73. The first kappa shape index (κ1) is 24.3. The number of benzene rings is 2. The van der Waals surface area contributed by atoms with E-state index in [1.165, 1.54) is 6.08 Å². The minimum Gasteiger partial charge on any atom is -0.322 e. The van der Waals surface area contributed by atoms with Gasteiger partial charge in [0.1, 0.15) is 4.88 Å². The van der Waals surface area contributed by atoms with E-state index in [2.05, 4.69) is 47.7 Å². The van der Waals surface area contributed by atoms with Crippen molar-refractivity contribution in [3.05, 3.63) is 77.8 Å². The van der Waals surface area contributed by atoms with Gasteiger partial charge < -0.3 is 10.6 Å². The van der Waals surface area contributed by atoms with Crippen molar-refractivity contribution in [3.63, 3.8) is 0 Å². The molecule has 0 atom stereocenters. The molecular weight excluding hydrogens is 460 g/mol. The van der Waals surface area contributed by atoms with E-state index in [-0.39, 0.29) is 17.2 Å². The van der Waals surface area contributed by atoms with Crippen LogP contribution in [0.1, 0.15) is 36.0 Å². The molecule has 0 saturated heterocycles. The molecule has 0 fully saturated rings. The molecule has 2 heterocycles. The van der Waals surface area contributed by atoms with E-state index in [1.807, 2.05) is 41.0 Å². The second kappa shape index (κ2) is 10.2. The lowest BCUT2D eigenvalue weighted by atomic mass is 9.97. The largest absolute Gasteiger partial charge is 0.322 e. The molecule has 0 aliphatic rings. The molecular formula is C26H28N6O2S. The summed E-state index contributed by atoms with van der Waals surface area (Å²) in [6.45, 7) is 11.7. The molecule has 4 rings (SSSR count). The highest BCUT2D eigenvalue weighted by atomic mass is 32.1. The number of carbonyl (C=O) groups is 2. The minimum atomic E-state index is -0.302. The van der Waals surface area contributed by atoms with Gasteiger partial charge in [0.25, 0.3) is 5.91 Å². The van der Waals surface area contributed by atoms with Gasteiger partial charge in [-0.1, -0.05) is 39.5 Å². The molecule has 2 aromatic heterocycles. The van der Waals surface area contributed by atoms with E-state index >= 15 is 0 Å². The number of nitrogens with one attached hydrogen (secondary N) is 3. The number of imidazole rings is 1. The zero-order valence-electron chi connectivity index (χ0n) is 20.0. The van der Waals surface area contributed by atoms with E-state index < -0.39 is 0 Å². The number of nitrogens with zero attached hydrogens (tertiary/aromatic N) is 3. The summed E-state index contributed by atoms with van der Waals surface area (Å²) >= 11 is 1.12. The summed E-state index contributed by atoms with van der Waals surface area (Å²) in [5.74, 6) is -0.207. The van der Waals surface area contributed by atoms with Gasteiger partial charge in [-0.25, -0.2) is 9.36 Å². The molecule has 0 radical (unpaired) electrons. The highest BCUT2D eigenvalue weighted by Crippen LogP contribution is 2.28. The molecule has 2 amide bonds. The van der Waals surface area contributed by atoms with Crippen molar-refractivity contribution >= 4 is 46.0 Å². The van der Waals surface area contributed by atoms with E-state index in [0.717, 1.165) is 40.4 Å². The first-order valence-electron chi connectivity index (χ1n) is 11.2. The van der Waals surface area contributed by atoms with Gasteiger partial charge in [-0.2, -0.15) is 0 Å². The van der Waals surface area contributed by atoms with Crippen molar-refractivity contribution in [3.8, 4) is 5.69 Å². The average Bonchev–Trinajstić information content (AvgIpc) is 3.46. The van der Waals surface area contributed by atoms with Crippen molar-refractivity contribution in [1.29, 1.82) is 0 Å². The van der Waals surface area contributed by atoms with Gasteiger partial charge in [-0.15, -0.1) is 0 Å². The number of amides is 2. The van der Waals surface area contributed by atoms with Crippen LogP contribution in [-0.4, -0.2) is 32.3 Å². The number of hydrogen-bond donors (Lipinski definition) is 3. The maximum Gasteiger partial charge on any atom is 0.269 e. The Morgan fingerprint density at radius 1 is 1.11 bits per heavy atom. The van der Waals surface area contributed by atoms with Crippen LogP contribution in [0.3, 0.4) is 0 Å². The van der Waals surface area contributed by atoms with E-state index in [0.29, 0.717) is 23.1 Å². The monoisotopic (exact) mass is 488 g/mol. The molecule has 0 saturated carbocycles. The second-order valence-electron chi connectivity index (χ2n) is 9.33. The van der Waals surface area contributed by atoms with Crippen LogP contribution in [0.4, 0.5) is 11.6 Å². The fourth-order valence-corrected chi connectivity index (χ4v) is 4.07. The zero-order valence-corrected chi connectivity index (χ0v) is 20.8. The maximum absolute atomic E-state index is 12.8. The summed E-state index contributed by atoms with van der Waals surface area (Å²) in [6.07, 6.45) is 2.81. The Kier molecular flexibility index (Phi) is 7.09. The number of hydrogen-bond acceptors (Lipinski definition) is 6. The van der Waals surface area contributed by atoms with Crippen molar-refractivity contribution in [1.82, 2.24) is 19.2 Å². The third kappa shape index (κ3) is 6.00. The van der Waals surface area contributed by atoms with Gasteiger partial charge in [-0.05, 0) is 65.0 Å². The Labute approximate surface area is 208 Å². The standard InChI is InChI=1S/C26H28N6O2S/c1-5-23(33)29-18-7-6-8-19(14-18)32-21-10-9-17(15-27-16-26(2,3)4)13-20(21)30-25(32)31-24(34)22-11-12-28-35-22/h5-14,27H,1,15-16H2,2-4H3,(H,29,33)(H,30,31,34). The van der Waals surface area contributed by atoms with E-state index in [9.17, 15) is 9.59 Å². The number of aromatic nitrogens is 3. The highest BCUT2D eigenvalue weighted by molar-refractivity contribution is 7.08. The van der Waals surface area contributed by atoms with Crippen LogP contribution in [0.5, 0.6) is 0 Å². The SMILES string of the molecule is C=CC(=O)Nc1cccc(-n2c(NC(=O)c3ccns3)nc3cc(CNCC(C)(C)C)ccc32)c1. The fraction of sp³-hybridized carbons (Fsp3) is 0.231. The highest BCUT2D eigenvalue weighted by Gasteiger charge is 2.18. The van der Waals surface area contributed by atoms with Crippen molar-refractivity contribution in [2.75, 3.05) is 17.2 Å². The molecule has 0 unspecified atom stereocenters. The van der Waals surface area contributed by atoms with E-state index in [1.54, 1.807) is 18.3 Å². The van der Waals surface area contributed by atoms with Crippen molar-refractivity contribution in [2.45, 2.75) is 27.3 Å². The fourth-order valence-electron chi connectivity index (χ4n) is 3.57. The van der Waals surface area contributed by atoms with Crippen LogP contribution in [-0.2, 0) is 11.3 Å². The summed E-state index contributed by atoms with van der Waals surface area (Å²) in [4.78, 5) is 29.9. The zero-order chi connectivity index (χ0) is 25.0. The van der Waals surface area contributed by atoms with E-state index in [4.69, 9.17) is 4.98 Å². The minimum absolute atomic E-state index is 0.186. The molecule has 4 aromatic rings. The summed E-state index contributed by atoms with van der Waals surface area (Å²) in [5, 5.41) is 9.18. The lowest BCUT2D eigenvalue weighted by molar-refractivity contribution is -0.111. The van der Waals surface area contributed by atoms with Crippen LogP contribution < -0.4 is 16.0 Å². The topological polar surface area (TPSA) is 101 Å². The molecule has 0 aliphatic carbocycles. The van der Waals surface area contributed by atoms with Gasteiger partial charge in [0, 0.05) is 25.0 Å². The number of anilines is 2. The Bertz CT molecular complexity index is 1370. The maximum atomic E-state index is 12.8. The average molecular weight is 489 g/mol. The first-order valence-corrected chi connectivity index (χ1v) is 12.0. The van der Waals surface area contributed by atoms with Gasteiger partial charge in [0.2, 0.25) is 11.9 Å². The Morgan fingerprint density at radius 3 is 2.66 bits per heavy atom. The van der Waals surface area contributed by atoms with Crippen molar-refractivity contribution in [2.24, 2.45) is 5.41 Å². The Morgan fingerprint density at radius 2 is 1.94 bits per heavy atom. The quantitative estimate of drug-likeness (QED) is 0.303. The molecule has 0 aliphatic heterocycles. The first-order chi connectivity index (χ1) is 16.7. The van der Waals surface area contributed by atoms with Crippen LogP contribution in [0, 0.1) is 5.41 Å². The number of fused-ring (bicyclic) bond motifs is 1. The second-order valence-corrected chi connectivity index (χ2v) is 10.2. The number of rotatable bonds is 8. The van der Waals surface area contributed by atoms with Crippen LogP contribution in [0.2, 0.25) is 0 Å². The lowest BCUT2D eigenvalue weighted by Gasteiger charge is -2.18. The predicted octanol–water partition coefficient (Wildman–Crippen LogP) is 4.99. The molecule has 8 nitrogen and oxygen atoms in total. The van der Waals surface area contributed by atoms with Crippen molar-refractivity contribution < 1.29 is 9.59 Å². The third-order valence-corrected chi connectivity index (χ3v) is 5.89. The number of carbonyl (C=O) groups excluding carboxylic acids is 2. The summed E-state index contributed by atoms with van der Waals surface area (Å²) in [6, 6.07) is 15.1. The van der Waals surface area contributed by atoms with Gasteiger partial charge >= 0.3 is 0 Å². The summed E-state index contributed by atoms with van der Waals surface area (Å²) in [5.41, 5.74) is 4.21. The molecule has 0 spiro atoms. The third-order valence-electron chi connectivity index (χ3n) is 5.15. The lowest BCUT2D eigenvalue weighted by Crippen LogP contribution is -2.26. The molecule has 35 heavy (non-hydrogen) atoms. The van der Waals surface area contributed by atoms with Gasteiger partial charge in [-0.3, -0.25) is 19.5 Å². The normalized spacial score (nSPS) is 11.4. The molecule has 9 heteroatoms. The van der Waals surface area contributed by atoms with Gasteiger partial charge in [0.05, 0.1) is 16.7 Å². The van der Waals surface area contributed by atoms with Gasteiger partial charge in [0.15, 0.2) is 0 Å². The van der Waals surface area contributed by atoms with Crippen LogP contribution >= 0.6 is 11.5 Å². The molecule has 180 valence electrons. The van der Waals surface area contributed by atoms with Crippen LogP contribution in [0.15, 0.2) is 67.4 Å². The molecule has 0 bridgehead atoms. The predicted molar refractivity (Wildman–Crippen MR) is 141 cm³/mol. The smallest absolute Gasteiger partial charge is 0.269 e. The van der Waals surface area contributed by atoms with Crippen LogP contribution in [0.25, 0.3) is 16.7 Å². The summed E-state index contributed by atoms with van der Waals surface area (Å²) in [7, 11) is 0.